The van der Waals surface area contributed by atoms with Gasteiger partial charge in [-0.25, -0.2) is 0 Å². The number of hydrogen-bond donors (Lipinski definition) is 2. The van der Waals surface area contributed by atoms with E-state index in [9.17, 15) is 9.59 Å². The van der Waals surface area contributed by atoms with Crippen LogP contribution in [0.15, 0.2) is 35.1 Å². The van der Waals surface area contributed by atoms with Crippen molar-refractivity contribution in [3.05, 3.63) is 46.2 Å². The van der Waals surface area contributed by atoms with E-state index in [1.54, 1.807) is 18.2 Å². The Bertz CT molecular complexity index is 551. The number of ketones is 1. The average Bonchev–Trinajstić information content (AvgIpc) is 2.65. The van der Waals surface area contributed by atoms with Crippen LogP contribution < -0.4 is 5.56 Å². The van der Waals surface area contributed by atoms with Gasteiger partial charge in [0.05, 0.1) is 5.69 Å². The van der Waals surface area contributed by atoms with Crippen LogP contribution in [0.2, 0.25) is 0 Å². The Balaban J connectivity index is 2.62. The Hall–Kier alpha value is -2.10. The summed E-state index contributed by atoms with van der Waals surface area (Å²) in [6.45, 7) is 1.50. The molecule has 0 amide bonds. The normalized spacial score (nSPS) is 10.2. The fraction of sp³-hybridized carbons (Fsp3) is 0.0909. The Morgan fingerprint density at radius 2 is 1.93 bits per heavy atom. The van der Waals surface area contributed by atoms with E-state index in [4.69, 9.17) is 0 Å². The smallest absolute Gasteiger partial charge is 0.264 e. The molecule has 0 bridgehead atoms. The van der Waals surface area contributed by atoms with Crippen LogP contribution in [0.3, 0.4) is 0 Å². The summed E-state index contributed by atoms with van der Waals surface area (Å²) in [5, 5.41) is 5.17. The van der Waals surface area contributed by atoms with Crippen LogP contribution in [0.5, 0.6) is 0 Å². The molecule has 1 aromatic heterocycles. The molecular weight excluding hydrogens is 192 g/mol. The molecule has 76 valence electrons. The maximum atomic E-state index is 11.3. The summed E-state index contributed by atoms with van der Waals surface area (Å²) in [6, 6.07) is 8.60. The third kappa shape index (κ3) is 1.74. The molecule has 0 aliphatic rings. The van der Waals surface area contributed by atoms with Crippen molar-refractivity contribution in [3.8, 4) is 11.3 Å². The summed E-state index contributed by atoms with van der Waals surface area (Å²) < 4.78 is 0. The van der Waals surface area contributed by atoms with E-state index in [1.165, 1.54) is 13.0 Å². The zero-order valence-electron chi connectivity index (χ0n) is 8.20. The third-order valence-electron chi connectivity index (χ3n) is 2.19. The van der Waals surface area contributed by atoms with E-state index in [0.29, 0.717) is 11.3 Å². The lowest BCUT2D eigenvalue weighted by molar-refractivity contribution is 0.101. The summed E-state index contributed by atoms with van der Waals surface area (Å²) in [5.41, 5.74) is 1.77. The zero-order chi connectivity index (χ0) is 10.8. The first-order valence-electron chi connectivity index (χ1n) is 4.56. The molecule has 0 radical (unpaired) electrons. The topological polar surface area (TPSA) is 65.7 Å². The van der Waals surface area contributed by atoms with E-state index in [-0.39, 0.29) is 11.3 Å². The average molecular weight is 202 g/mol. The van der Waals surface area contributed by atoms with Crippen LogP contribution in [0, 0.1) is 0 Å². The molecule has 4 heteroatoms. The first kappa shape index (κ1) is 9.45. The molecule has 0 saturated heterocycles. The quantitative estimate of drug-likeness (QED) is 0.726. The number of benzene rings is 1. The maximum Gasteiger partial charge on any atom is 0.264 e. The van der Waals surface area contributed by atoms with Crippen molar-refractivity contribution >= 4 is 5.78 Å². The number of Topliss-reactive ketones (excluding diaryl/α,β-unsaturated/α-hetero) is 1. The molecule has 2 rings (SSSR count). The molecule has 0 spiro atoms. The van der Waals surface area contributed by atoms with Crippen molar-refractivity contribution < 1.29 is 4.79 Å². The molecule has 2 N–H and O–H groups in total. The summed E-state index contributed by atoms with van der Waals surface area (Å²) in [7, 11) is 0. The number of carbonyl (C=O) groups excluding carboxylic acids is 1. The van der Waals surface area contributed by atoms with Crippen molar-refractivity contribution in [3.63, 3.8) is 0 Å². The Morgan fingerprint density at radius 1 is 1.20 bits per heavy atom. The summed E-state index contributed by atoms with van der Waals surface area (Å²) >= 11 is 0. The minimum absolute atomic E-state index is 0.0207. The second kappa shape index (κ2) is 3.57. The highest BCUT2D eigenvalue weighted by molar-refractivity contribution is 6.00. The standard InChI is InChI=1S/C11H10N2O2/c1-7(14)8-4-2-3-5-9(8)10-6-11(15)13-12-10/h2-6H,1H3,(H2,12,13,15). The first-order chi connectivity index (χ1) is 7.18. The van der Waals surface area contributed by atoms with Crippen LogP contribution in [0.25, 0.3) is 11.3 Å². The van der Waals surface area contributed by atoms with Crippen LogP contribution in [0.4, 0.5) is 0 Å². The van der Waals surface area contributed by atoms with Gasteiger partial charge < -0.3 is 0 Å². The van der Waals surface area contributed by atoms with Crippen LogP contribution in [-0.2, 0) is 0 Å². The Labute approximate surface area is 85.9 Å². The highest BCUT2D eigenvalue weighted by Crippen LogP contribution is 2.20. The van der Waals surface area contributed by atoms with Crippen molar-refractivity contribution in [2.45, 2.75) is 6.92 Å². The highest BCUT2D eigenvalue weighted by Gasteiger charge is 2.09. The van der Waals surface area contributed by atoms with E-state index in [2.05, 4.69) is 10.2 Å². The van der Waals surface area contributed by atoms with Crippen LogP contribution >= 0.6 is 0 Å². The predicted octanol–water partition coefficient (Wildman–Crippen LogP) is 1.57. The fourth-order valence-corrected chi connectivity index (χ4v) is 1.50. The second-order valence-corrected chi connectivity index (χ2v) is 3.27. The maximum absolute atomic E-state index is 11.3. The predicted molar refractivity (Wildman–Crippen MR) is 56.9 cm³/mol. The van der Waals surface area contributed by atoms with Gasteiger partial charge in [0.1, 0.15) is 0 Å². The van der Waals surface area contributed by atoms with Gasteiger partial charge in [0.15, 0.2) is 5.78 Å². The van der Waals surface area contributed by atoms with Gasteiger partial charge in [0.25, 0.3) is 5.56 Å². The highest BCUT2D eigenvalue weighted by atomic mass is 16.1. The molecule has 0 saturated carbocycles. The lowest BCUT2D eigenvalue weighted by atomic mass is 10.0. The van der Waals surface area contributed by atoms with Gasteiger partial charge in [-0.15, -0.1) is 0 Å². The molecule has 0 fully saturated rings. The largest absolute Gasteiger partial charge is 0.298 e. The van der Waals surface area contributed by atoms with E-state index in [1.807, 2.05) is 6.07 Å². The molecular formula is C11H10N2O2. The number of carbonyl (C=O) groups is 1. The van der Waals surface area contributed by atoms with Gasteiger partial charge in [-0.1, -0.05) is 24.3 Å². The molecule has 4 nitrogen and oxygen atoms in total. The molecule has 2 aromatic rings. The minimum Gasteiger partial charge on any atom is -0.298 e. The number of hydrogen-bond acceptors (Lipinski definition) is 2. The fourth-order valence-electron chi connectivity index (χ4n) is 1.50. The SMILES string of the molecule is CC(=O)c1ccccc1-c1cc(=O)[nH][nH]1. The van der Waals surface area contributed by atoms with E-state index >= 15 is 0 Å². The molecule has 0 aliphatic heterocycles. The molecule has 15 heavy (non-hydrogen) atoms. The Kier molecular flexibility index (Phi) is 2.25. The van der Waals surface area contributed by atoms with Gasteiger partial charge in [-0.05, 0) is 6.92 Å². The number of aromatic nitrogens is 2. The number of aromatic amines is 2. The molecule has 0 atom stereocenters. The lowest BCUT2D eigenvalue weighted by Crippen LogP contribution is -1.95. The molecule has 1 aromatic carbocycles. The Morgan fingerprint density at radius 3 is 2.53 bits per heavy atom. The molecule has 1 heterocycles. The molecule has 0 unspecified atom stereocenters. The van der Waals surface area contributed by atoms with Gasteiger partial charge in [0, 0.05) is 17.2 Å². The lowest BCUT2D eigenvalue weighted by Gasteiger charge is -2.03. The second-order valence-electron chi connectivity index (χ2n) is 3.27. The minimum atomic E-state index is -0.205. The van der Waals surface area contributed by atoms with Crippen LogP contribution in [-0.4, -0.2) is 16.0 Å². The van der Waals surface area contributed by atoms with Gasteiger partial charge in [-0.3, -0.25) is 19.8 Å². The third-order valence-corrected chi connectivity index (χ3v) is 2.19. The first-order valence-corrected chi connectivity index (χ1v) is 4.56. The van der Waals surface area contributed by atoms with Crippen molar-refractivity contribution in [1.82, 2.24) is 10.2 Å². The zero-order valence-corrected chi connectivity index (χ0v) is 8.20. The van der Waals surface area contributed by atoms with Crippen molar-refractivity contribution in [2.75, 3.05) is 0 Å². The van der Waals surface area contributed by atoms with Gasteiger partial charge in [-0.2, -0.15) is 0 Å². The van der Waals surface area contributed by atoms with E-state index in [0.717, 1.165) is 5.56 Å². The van der Waals surface area contributed by atoms with Crippen molar-refractivity contribution in [1.29, 1.82) is 0 Å². The molecule has 0 aliphatic carbocycles. The summed E-state index contributed by atoms with van der Waals surface area (Å²) in [5.74, 6) is -0.0207. The number of rotatable bonds is 2. The van der Waals surface area contributed by atoms with E-state index < -0.39 is 0 Å². The van der Waals surface area contributed by atoms with Gasteiger partial charge >= 0.3 is 0 Å². The van der Waals surface area contributed by atoms with Crippen molar-refractivity contribution in [2.24, 2.45) is 0 Å². The van der Waals surface area contributed by atoms with Gasteiger partial charge in [0.2, 0.25) is 0 Å². The summed E-state index contributed by atoms with van der Waals surface area (Å²) in [4.78, 5) is 22.3. The monoisotopic (exact) mass is 202 g/mol. The number of H-pyrrole nitrogens is 2. The summed E-state index contributed by atoms with van der Waals surface area (Å²) in [6.07, 6.45) is 0. The van der Waals surface area contributed by atoms with Crippen LogP contribution in [0.1, 0.15) is 17.3 Å². The number of nitrogens with one attached hydrogen (secondary N) is 2.